The first-order valence-electron chi connectivity index (χ1n) is 6.04. The summed E-state index contributed by atoms with van der Waals surface area (Å²) in [4.78, 5) is 10.9. The lowest BCUT2D eigenvalue weighted by atomic mass is 9.89. The van der Waals surface area contributed by atoms with Crippen molar-refractivity contribution < 1.29 is 4.74 Å². The third kappa shape index (κ3) is 1.83. The largest absolute Gasteiger partial charge is 0.462 e. The maximum Gasteiger partial charge on any atom is 0.226 e. The molecule has 5 heteroatoms. The number of hydrogen-bond acceptors (Lipinski definition) is 5. The molecule has 1 atom stereocenters. The Morgan fingerprint density at radius 2 is 2.44 bits per heavy atom. The Morgan fingerprint density at radius 3 is 3.28 bits per heavy atom. The standard InChI is InChI=1S/C13H13N3OS/c1-8-2-3-9-10(6-8)18-13-11(9)12(15-7-16-13)17-5-4-14/h7-8H,2-3,5-6H2,1H3. The van der Waals surface area contributed by atoms with Crippen LogP contribution in [-0.2, 0) is 12.8 Å². The van der Waals surface area contributed by atoms with Gasteiger partial charge in [0.1, 0.15) is 17.2 Å². The van der Waals surface area contributed by atoms with Crippen molar-refractivity contribution in [2.75, 3.05) is 6.61 Å². The van der Waals surface area contributed by atoms with Crippen LogP contribution in [0.1, 0.15) is 23.8 Å². The molecule has 2 aromatic rings. The second-order valence-electron chi connectivity index (χ2n) is 4.66. The predicted molar refractivity (Wildman–Crippen MR) is 69.7 cm³/mol. The van der Waals surface area contributed by atoms with Crippen molar-refractivity contribution in [1.82, 2.24) is 9.97 Å². The number of nitriles is 1. The van der Waals surface area contributed by atoms with Gasteiger partial charge in [0.15, 0.2) is 6.61 Å². The predicted octanol–water partition coefficient (Wildman–Crippen LogP) is 2.72. The van der Waals surface area contributed by atoms with Gasteiger partial charge in [-0.15, -0.1) is 11.3 Å². The minimum Gasteiger partial charge on any atom is -0.462 e. The molecule has 0 radical (unpaired) electrons. The van der Waals surface area contributed by atoms with E-state index in [9.17, 15) is 0 Å². The second-order valence-corrected chi connectivity index (χ2v) is 5.74. The highest BCUT2D eigenvalue weighted by molar-refractivity contribution is 7.18. The number of hydrogen-bond donors (Lipinski definition) is 0. The van der Waals surface area contributed by atoms with Crippen molar-refractivity contribution >= 4 is 21.6 Å². The number of rotatable bonds is 2. The molecule has 0 saturated heterocycles. The molecular weight excluding hydrogens is 246 g/mol. The molecule has 0 saturated carbocycles. The molecule has 1 unspecified atom stereocenters. The topological polar surface area (TPSA) is 58.8 Å². The molecule has 0 amide bonds. The van der Waals surface area contributed by atoms with Gasteiger partial charge in [-0.3, -0.25) is 0 Å². The molecule has 1 aliphatic carbocycles. The summed E-state index contributed by atoms with van der Waals surface area (Å²) in [5.74, 6) is 1.30. The van der Waals surface area contributed by atoms with E-state index < -0.39 is 0 Å². The van der Waals surface area contributed by atoms with Crippen LogP contribution in [-0.4, -0.2) is 16.6 Å². The SMILES string of the molecule is CC1CCc2c(sc3ncnc(OCC#N)c23)C1. The van der Waals surface area contributed by atoms with E-state index in [1.165, 1.54) is 23.2 Å². The molecule has 0 fully saturated rings. The number of aryl methyl sites for hydroxylation is 1. The molecule has 3 rings (SSSR count). The average Bonchev–Trinajstić information content (AvgIpc) is 2.73. The van der Waals surface area contributed by atoms with Crippen molar-refractivity contribution in [2.45, 2.75) is 26.2 Å². The summed E-state index contributed by atoms with van der Waals surface area (Å²) in [6.07, 6.45) is 4.90. The number of nitrogens with zero attached hydrogens (tertiary/aromatic N) is 3. The Hall–Kier alpha value is -1.67. The third-order valence-corrected chi connectivity index (χ3v) is 4.49. The molecule has 92 valence electrons. The van der Waals surface area contributed by atoms with Crippen molar-refractivity contribution in [2.24, 2.45) is 5.92 Å². The van der Waals surface area contributed by atoms with Gasteiger partial charge in [-0.2, -0.15) is 5.26 Å². The van der Waals surface area contributed by atoms with Gasteiger partial charge in [0.25, 0.3) is 0 Å². The van der Waals surface area contributed by atoms with Gasteiger partial charge in [-0.1, -0.05) is 6.92 Å². The first-order chi connectivity index (χ1) is 8.79. The lowest BCUT2D eigenvalue weighted by molar-refractivity contribution is 0.357. The molecule has 2 aromatic heterocycles. The Morgan fingerprint density at radius 1 is 1.56 bits per heavy atom. The number of aromatic nitrogens is 2. The van der Waals surface area contributed by atoms with E-state index in [4.69, 9.17) is 10.00 Å². The van der Waals surface area contributed by atoms with Gasteiger partial charge in [-0.05, 0) is 30.7 Å². The maximum atomic E-state index is 8.61. The monoisotopic (exact) mass is 259 g/mol. The molecule has 18 heavy (non-hydrogen) atoms. The van der Waals surface area contributed by atoms with Crippen molar-refractivity contribution in [3.63, 3.8) is 0 Å². The van der Waals surface area contributed by atoms with Crippen molar-refractivity contribution in [1.29, 1.82) is 5.26 Å². The number of thiophene rings is 1. The summed E-state index contributed by atoms with van der Waals surface area (Å²) in [6.45, 7) is 2.32. The van der Waals surface area contributed by atoms with E-state index in [1.54, 1.807) is 11.3 Å². The fraction of sp³-hybridized carbons (Fsp3) is 0.462. The maximum absolute atomic E-state index is 8.61. The second kappa shape index (κ2) is 4.54. The molecule has 4 nitrogen and oxygen atoms in total. The van der Waals surface area contributed by atoms with E-state index in [2.05, 4.69) is 16.9 Å². The van der Waals surface area contributed by atoms with Crippen LogP contribution in [0.15, 0.2) is 6.33 Å². The zero-order valence-electron chi connectivity index (χ0n) is 10.1. The van der Waals surface area contributed by atoms with Crippen LogP contribution < -0.4 is 4.74 Å². The fourth-order valence-electron chi connectivity index (χ4n) is 2.46. The molecule has 0 N–H and O–H groups in total. The molecular formula is C13H13N3OS. The minimum atomic E-state index is 0.0349. The molecule has 0 spiro atoms. The molecule has 0 aromatic carbocycles. The van der Waals surface area contributed by atoms with Crippen LogP contribution in [0.2, 0.25) is 0 Å². The Labute approximate surface area is 109 Å². The average molecular weight is 259 g/mol. The summed E-state index contributed by atoms with van der Waals surface area (Å²) in [5, 5.41) is 9.64. The van der Waals surface area contributed by atoms with Gasteiger partial charge >= 0.3 is 0 Å². The van der Waals surface area contributed by atoms with Crippen LogP contribution in [0.3, 0.4) is 0 Å². The van der Waals surface area contributed by atoms with Crippen LogP contribution in [0.5, 0.6) is 5.88 Å². The van der Waals surface area contributed by atoms with Crippen molar-refractivity contribution in [3.05, 3.63) is 16.8 Å². The van der Waals surface area contributed by atoms with Gasteiger partial charge in [0, 0.05) is 4.88 Å². The lowest BCUT2D eigenvalue weighted by Gasteiger charge is -2.17. The lowest BCUT2D eigenvalue weighted by Crippen LogP contribution is -2.09. The van der Waals surface area contributed by atoms with Crippen LogP contribution in [0, 0.1) is 17.2 Å². The smallest absolute Gasteiger partial charge is 0.226 e. The van der Waals surface area contributed by atoms with Gasteiger partial charge in [0.05, 0.1) is 5.39 Å². The quantitative estimate of drug-likeness (QED) is 0.832. The van der Waals surface area contributed by atoms with Gasteiger partial charge in [0.2, 0.25) is 5.88 Å². The van der Waals surface area contributed by atoms with Gasteiger partial charge in [-0.25, -0.2) is 9.97 Å². The number of ether oxygens (including phenoxy) is 1. The third-order valence-electron chi connectivity index (χ3n) is 3.33. The van der Waals surface area contributed by atoms with E-state index in [1.807, 2.05) is 6.07 Å². The normalized spacial score (nSPS) is 18.3. The summed E-state index contributed by atoms with van der Waals surface area (Å²) >= 11 is 1.74. The molecule has 2 heterocycles. The Balaban J connectivity index is 2.12. The van der Waals surface area contributed by atoms with Crippen LogP contribution >= 0.6 is 11.3 Å². The first-order valence-corrected chi connectivity index (χ1v) is 6.86. The molecule has 0 aliphatic heterocycles. The number of fused-ring (bicyclic) bond motifs is 3. The first kappa shape index (κ1) is 11.4. The van der Waals surface area contributed by atoms with Gasteiger partial charge < -0.3 is 4.74 Å². The highest BCUT2D eigenvalue weighted by Crippen LogP contribution is 2.40. The Bertz CT molecular complexity index is 629. The van der Waals surface area contributed by atoms with Crippen LogP contribution in [0.25, 0.3) is 10.2 Å². The van der Waals surface area contributed by atoms with Crippen LogP contribution in [0.4, 0.5) is 0 Å². The molecule has 1 aliphatic rings. The van der Waals surface area contributed by atoms with E-state index in [0.717, 1.165) is 29.0 Å². The molecule has 0 bridgehead atoms. The zero-order valence-corrected chi connectivity index (χ0v) is 11.0. The summed E-state index contributed by atoms with van der Waals surface area (Å²) in [5.41, 5.74) is 1.33. The van der Waals surface area contributed by atoms with E-state index in [-0.39, 0.29) is 6.61 Å². The zero-order chi connectivity index (χ0) is 12.5. The fourth-order valence-corrected chi connectivity index (χ4v) is 3.80. The highest BCUT2D eigenvalue weighted by atomic mass is 32.1. The Kier molecular flexibility index (Phi) is 2.88. The van der Waals surface area contributed by atoms with E-state index >= 15 is 0 Å². The highest BCUT2D eigenvalue weighted by Gasteiger charge is 2.23. The van der Waals surface area contributed by atoms with E-state index in [0.29, 0.717) is 5.88 Å². The summed E-state index contributed by atoms with van der Waals surface area (Å²) in [7, 11) is 0. The van der Waals surface area contributed by atoms with Crippen molar-refractivity contribution in [3.8, 4) is 11.9 Å². The summed E-state index contributed by atoms with van der Waals surface area (Å²) in [6, 6.07) is 1.98. The minimum absolute atomic E-state index is 0.0349. The summed E-state index contributed by atoms with van der Waals surface area (Å²) < 4.78 is 5.41.